The van der Waals surface area contributed by atoms with Crippen LogP contribution in [0, 0.1) is 12.8 Å². The van der Waals surface area contributed by atoms with Gasteiger partial charge in [-0.3, -0.25) is 4.79 Å². The third kappa shape index (κ3) is 3.46. The summed E-state index contributed by atoms with van der Waals surface area (Å²) in [6.07, 6.45) is 8.46. The Hall–Kier alpha value is -2.17. The maximum atomic E-state index is 12.5. The Balaban J connectivity index is 1.30. The maximum Gasteiger partial charge on any atom is 0.227 e. The topological polar surface area (TPSA) is 51.0 Å². The Kier molecular flexibility index (Phi) is 4.55. The predicted molar refractivity (Wildman–Crippen MR) is 96.2 cm³/mol. The van der Waals surface area contributed by atoms with Gasteiger partial charge in [0.1, 0.15) is 12.2 Å². The van der Waals surface area contributed by atoms with Crippen molar-refractivity contribution >= 4 is 5.91 Å². The largest absolute Gasteiger partial charge is 0.342 e. The van der Waals surface area contributed by atoms with Gasteiger partial charge in [-0.25, -0.2) is 0 Å². The molecule has 25 heavy (non-hydrogen) atoms. The minimum Gasteiger partial charge on any atom is -0.342 e. The molecule has 2 aromatic rings. The number of aromatic nitrogens is 3. The lowest BCUT2D eigenvalue weighted by Crippen LogP contribution is -2.51. The summed E-state index contributed by atoms with van der Waals surface area (Å²) < 4.78 is 2.28. The number of hydrogen-bond acceptors (Lipinski definition) is 3. The molecule has 1 aliphatic heterocycles. The minimum absolute atomic E-state index is 0.239. The third-order valence-electron chi connectivity index (χ3n) is 5.75. The van der Waals surface area contributed by atoms with E-state index < -0.39 is 0 Å². The lowest BCUT2D eigenvalue weighted by atomic mass is 9.94. The lowest BCUT2D eigenvalue weighted by Gasteiger charge is -2.39. The van der Waals surface area contributed by atoms with Crippen molar-refractivity contribution in [3.63, 3.8) is 0 Å². The number of benzene rings is 1. The molecule has 1 aliphatic carbocycles. The highest BCUT2D eigenvalue weighted by Gasteiger charge is 2.32. The number of nitrogens with zero attached hydrogens (tertiary/aromatic N) is 4. The smallest absolute Gasteiger partial charge is 0.227 e. The second kappa shape index (κ2) is 6.98. The Morgan fingerprint density at radius 1 is 1.20 bits per heavy atom. The van der Waals surface area contributed by atoms with Gasteiger partial charge < -0.3 is 9.47 Å². The molecule has 2 aliphatic rings. The van der Waals surface area contributed by atoms with Crippen LogP contribution in [0.15, 0.2) is 30.6 Å². The van der Waals surface area contributed by atoms with Crippen LogP contribution in [0.5, 0.6) is 0 Å². The zero-order valence-electron chi connectivity index (χ0n) is 14.9. The molecule has 0 bridgehead atoms. The van der Waals surface area contributed by atoms with Gasteiger partial charge in [-0.05, 0) is 30.9 Å². The second-order valence-corrected chi connectivity index (χ2v) is 7.56. The van der Waals surface area contributed by atoms with Crippen molar-refractivity contribution in [1.29, 1.82) is 0 Å². The molecule has 1 saturated heterocycles. The van der Waals surface area contributed by atoms with E-state index in [4.69, 9.17) is 0 Å². The summed E-state index contributed by atoms with van der Waals surface area (Å²) in [5.74, 6) is 1.86. The summed E-state index contributed by atoms with van der Waals surface area (Å²) in [5.41, 5.74) is 2.33. The molecular weight excluding hydrogens is 312 g/mol. The van der Waals surface area contributed by atoms with E-state index in [1.165, 1.54) is 31.2 Å². The standard InChI is InChI=1S/C20H26N4O/c1-15-6-2-3-7-17(15)11-20(25)23-12-16(13-23)10-19-22-21-14-24(19)18-8-4-5-9-18/h2-3,6-7,14,16,18H,4-5,8-13H2,1H3. The molecule has 0 radical (unpaired) electrons. The zero-order chi connectivity index (χ0) is 17.2. The summed E-state index contributed by atoms with van der Waals surface area (Å²) in [7, 11) is 0. The highest BCUT2D eigenvalue weighted by molar-refractivity contribution is 5.79. The van der Waals surface area contributed by atoms with Crippen molar-refractivity contribution in [2.24, 2.45) is 5.92 Å². The molecule has 2 heterocycles. The van der Waals surface area contributed by atoms with Gasteiger partial charge in [-0.1, -0.05) is 37.1 Å². The van der Waals surface area contributed by atoms with Crippen LogP contribution in [0.1, 0.15) is 48.7 Å². The van der Waals surface area contributed by atoms with Crippen molar-refractivity contribution in [1.82, 2.24) is 19.7 Å². The van der Waals surface area contributed by atoms with Crippen LogP contribution >= 0.6 is 0 Å². The number of aryl methyl sites for hydroxylation is 1. The molecule has 132 valence electrons. The number of carbonyl (C=O) groups excluding carboxylic acids is 1. The molecule has 1 amide bonds. The highest BCUT2D eigenvalue weighted by atomic mass is 16.2. The predicted octanol–water partition coefficient (Wildman–Crippen LogP) is 2.95. The van der Waals surface area contributed by atoms with E-state index >= 15 is 0 Å². The SMILES string of the molecule is Cc1ccccc1CC(=O)N1CC(Cc2nncn2C2CCCC2)C1. The summed E-state index contributed by atoms with van der Waals surface area (Å²) >= 11 is 0. The molecule has 1 aromatic heterocycles. The van der Waals surface area contributed by atoms with Gasteiger partial charge in [0.25, 0.3) is 0 Å². The molecule has 5 nitrogen and oxygen atoms in total. The molecular formula is C20H26N4O. The zero-order valence-corrected chi connectivity index (χ0v) is 14.9. The average Bonchev–Trinajstić information content (AvgIpc) is 3.23. The fourth-order valence-corrected chi connectivity index (χ4v) is 4.14. The minimum atomic E-state index is 0.239. The molecule has 1 saturated carbocycles. The van der Waals surface area contributed by atoms with Crippen molar-refractivity contribution < 1.29 is 4.79 Å². The van der Waals surface area contributed by atoms with Crippen LogP contribution in [0.4, 0.5) is 0 Å². The first-order chi connectivity index (χ1) is 12.2. The summed E-state index contributed by atoms with van der Waals surface area (Å²) in [4.78, 5) is 14.4. The summed E-state index contributed by atoms with van der Waals surface area (Å²) in [6, 6.07) is 8.73. The van der Waals surface area contributed by atoms with Gasteiger partial charge in [0.15, 0.2) is 0 Å². The normalized spacial score (nSPS) is 18.5. The van der Waals surface area contributed by atoms with E-state index in [1.807, 2.05) is 23.4 Å². The average molecular weight is 338 g/mol. The molecule has 0 unspecified atom stereocenters. The summed E-state index contributed by atoms with van der Waals surface area (Å²) in [6.45, 7) is 3.77. The third-order valence-corrected chi connectivity index (χ3v) is 5.75. The van der Waals surface area contributed by atoms with E-state index in [-0.39, 0.29) is 5.91 Å². The molecule has 0 atom stereocenters. The first-order valence-electron chi connectivity index (χ1n) is 9.41. The van der Waals surface area contributed by atoms with E-state index in [0.29, 0.717) is 18.4 Å². The maximum absolute atomic E-state index is 12.5. The Bertz CT molecular complexity index is 742. The van der Waals surface area contributed by atoms with Gasteiger partial charge in [-0.15, -0.1) is 10.2 Å². The quantitative estimate of drug-likeness (QED) is 0.842. The van der Waals surface area contributed by atoms with Crippen LogP contribution in [-0.4, -0.2) is 38.7 Å². The lowest BCUT2D eigenvalue weighted by molar-refractivity contribution is -0.136. The van der Waals surface area contributed by atoms with E-state index in [9.17, 15) is 4.79 Å². The number of carbonyl (C=O) groups is 1. The number of likely N-dealkylation sites (tertiary alicyclic amines) is 1. The van der Waals surface area contributed by atoms with Crippen molar-refractivity contribution in [3.05, 3.63) is 47.5 Å². The fourth-order valence-electron chi connectivity index (χ4n) is 4.14. The molecule has 0 N–H and O–H groups in total. The van der Waals surface area contributed by atoms with E-state index in [0.717, 1.165) is 30.9 Å². The van der Waals surface area contributed by atoms with E-state index in [2.05, 4.69) is 33.8 Å². The van der Waals surface area contributed by atoms with Crippen molar-refractivity contribution in [3.8, 4) is 0 Å². The van der Waals surface area contributed by atoms with Crippen molar-refractivity contribution in [2.75, 3.05) is 13.1 Å². The van der Waals surface area contributed by atoms with Gasteiger partial charge >= 0.3 is 0 Å². The Labute approximate surface area is 149 Å². The monoisotopic (exact) mass is 338 g/mol. The van der Waals surface area contributed by atoms with Crippen LogP contribution < -0.4 is 0 Å². The van der Waals surface area contributed by atoms with Crippen molar-refractivity contribution in [2.45, 2.75) is 51.5 Å². The van der Waals surface area contributed by atoms with Crippen LogP contribution in [0.3, 0.4) is 0 Å². The van der Waals surface area contributed by atoms with Crippen LogP contribution in [-0.2, 0) is 17.6 Å². The second-order valence-electron chi connectivity index (χ2n) is 7.56. The van der Waals surface area contributed by atoms with Gasteiger partial charge in [0.05, 0.1) is 6.42 Å². The van der Waals surface area contributed by atoms with E-state index in [1.54, 1.807) is 0 Å². The molecule has 4 rings (SSSR count). The first-order valence-corrected chi connectivity index (χ1v) is 9.41. The summed E-state index contributed by atoms with van der Waals surface area (Å²) in [5, 5.41) is 8.47. The molecule has 2 fully saturated rings. The first kappa shape index (κ1) is 16.3. The van der Waals surface area contributed by atoms with Crippen LogP contribution in [0.2, 0.25) is 0 Å². The number of amides is 1. The van der Waals surface area contributed by atoms with Gasteiger partial charge in [0.2, 0.25) is 5.91 Å². The number of rotatable bonds is 5. The van der Waals surface area contributed by atoms with Crippen LogP contribution in [0.25, 0.3) is 0 Å². The van der Waals surface area contributed by atoms with Gasteiger partial charge in [-0.2, -0.15) is 0 Å². The number of hydrogen-bond donors (Lipinski definition) is 0. The fraction of sp³-hybridized carbons (Fsp3) is 0.550. The van der Waals surface area contributed by atoms with Gasteiger partial charge in [0, 0.05) is 31.5 Å². The molecule has 0 spiro atoms. The molecule has 1 aromatic carbocycles. The molecule has 5 heteroatoms. The Morgan fingerprint density at radius 2 is 1.96 bits per heavy atom. The highest BCUT2D eigenvalue weighted by Crippen LogP contribution is 2.31. The Morgan fingerprint density at radius 3 is 2.72 bits per heavy atom.